The third-order valence-electron chi connectivity index (χ3n) is 4.25. The van der Waals surface area contributed by atoms with Gasteiger partial charge in [0.2, 0.25) is 5.91 Å². The van der Waals surface area contributed by atoms with Crippen molar-refractivity contribution in [3.05, 3.63) is 70.8 Å². The number of hydrogen-bond acceptors (Lipinski definition) is 3. The zero-order valence-electron chi connectivity index (χ0n) is 13.3. The van der Waals surface area contributed by atoms with Gasteiger partial charge >= 0.3 is 5.97 Å². The van der Waals surface area contributed by atoms with Crippen LogP contribution in [0.3, 0.4) is 0 Å². The first-order valence-corrected chi connectivity index (χ1v) is 7.98. The Bertz CT molecular complexity index is 751. The van der Waals surface area contributed by atoms with Crippen LogP contribution >= 0.6 is 0 Å². The van der Waals surface area contributed by atoms with E-state index in [0.717, 1.165) is 24.2 Å². The van der Waals surface area contributed by atoms with Crippen molar-refractivity contribution in [2.24, 2.45) is 5.73 Å². The Morgan fingerprint density at radius 1 is 1.00 bits per heavy atom. The molecule has 124 valence electrons. The summed E-state index contributed by atoms with van der Waals surface area (Å²) in [7, 11) is 0. The number of hydrogen-bond donors (Lipinski definition) is 2. The van der Waals surface area contributed by atoms with E-state index in [1.54, 1.807) is 18.2 Å². The fourth-order valence-corrected chi connectivity index (χ4v) is 2.80. The number of nitrogens with zero attached hydrogens (tertiary/aromatic N) is 1. The highest BCUT2D eigenvalue weighted by Gasteiger charge is 2.29. The Hall–Kier alpha value is -2.66. The molecule has 5 heteroatoms. The summed E-state index contributed by atoms with van der Waals surface area (Å²) in [6.45, 7) is 1.50. The molecule has 3 rings (SSSR count). The molecule has 1 aliphatic rings. The Morgan fingerprint density at radius 2 is 1.67 bits per heavy atom. The first kappa shape index (κ1) is 16.2. The molecule has 0 aromatic heterocycles. The number of nitrogens with two attached hydrogens (primary N) is 1. The molecule has 0 bridgehead atoms. The van der Waals surface area contributed by atoms with Gasteiger partial charge in [-0.15, -0.1) is 0 Å². The van der Waals surface area contributed by atoms with Gasteiger partial charge in [-0.25, -0.2) is 4.79 Å². The normalized spacial score (nSPS) is 13.9. The van der Waals surface area contributed by atoms with Crippen LogP contribution in [0.5, 0.6) is 0 Å². The molecule has 0 heterocycles. The van der Waals surface area contributed by atoms with Crippen LogP contribution in [0.15, 0.2) is 48.5 Å². The van der Waals surface area contributed by atoms with E-state index >= 15 is 0 Å². The van der Waals surface area contributed by atoms with Crippen molar-refractivity contribution < 1.29 is 14.7 Å². The number of primary amides is 1. The molecule has 24 heavy (non-hydrogen) atoms. The monoisotopic (exact) mass is 324 g/mol. The van der Waals surface area contributed by atoms with Crippen LogP contribution < -0.4 is 5.73 Å². The van der Waals surface area contributed by atoms with Crippen LogP contribution in [0.25, 0.3) is 0 Å². The highest BCUT2D eigenvalue weighted by atomic mass is 16.4. The summed E-state index contributed by atoms with van der Waals surface area (Å²) in [6.07, 6.45) is 2.34. The maximum atomic E-state index is 11.3. The van der Waals surface area contributed by atoms with E-state index in [-0.39, 0.29) is 0 Å². The second-order valence-corrected chi connectivity index (χ2v) is 6.20. The number of carboxylic acid groups (broad SMARTS) is 1. The Labute approximate surface area is 140 Å². The largest absolute Gasteiger partial charge is 0.478 e. The fourth-order valence-electron chi connectivity index (χ4n) is 2.80. The standard InChI is InChI=1S/C19H20N2O3/c20-18(22)16-3-1-2-14(10-16)12-21(17-8-9-17)11-13-4-6-15(7-5-13)19(23)24/h1-7,10,17H,8-9,11-12H2,(H2,20,22)(H,23,24). The Morgan fingerprint density at radius 3 is 2.25 bits per heavy atom. The van der Waals surface area contributed by atoms with Crippen molar-refractivity contribution in [1.29, 1.82) is 0 Å². The van der Waals surface area contributed by atoms with E-state index in [9.17, 15) is 9.59 Å². The van der Waals surface area contributed by atoms with Gasteiger partial charge in [-0.05, 0) is 48.2 Å². The number of rotatable bonds is 7. The van der Waals surface area contributed by atoms with Crippen LogP contribution in [0.2, 0.25) is 0 Å². The average Bonchev–Trinajstić information content (AvgIpc) is 3.40. The maximum absolute atomic E-state index is 11.3. The van der Waals surface area contributed by atoms with E-state index in [2.05, 4.69) is 4.90 Å². The van der Waals surface area contributed by atoms with E-state index in [0.29, 0.717) is 17.2 Å². The number of carbonyl (C=O) groups excluding carboxylic acids is 1. The molecule has 3 N–H and O–H groups in total. The molecule has 0 radical (unpaired) electrons. The van der Waals surface area contributed by atoms with Crippen molar-refractivity contribution in [3.8, 4) is 0 Å². The smallest absolute Gasteiger partial charge is 0.335 e. The summed E-state index contributed by atoms with van der Waals surface area (Å²) in [5.74, 6) is -1.33. The van der Waals surface area contributed by atoms with Gasteiger partial charge in [-0.2, -0.15) is 0 Å². The van der Waals surface area contributed by atoms with Crippen molar-refractivity contribution >= 4 is 11.9 Å². The van der Waals surface area contributed by atoms with Crippen LogP contribution in [0.1, 0.15) is 44.7 Å². The van der Waals surface area contributed by atoms with Gasteiger partial charge < -0.3 is 10.8 Å². The van der Waals surface area contributed by atoms with Gasteiger partial charge in [-0.1, -0.05) is 24.3 Å². The summed E-state index contributed by atoms with van der Waals surface area (Å²) < 4.78 is 0. The quantitative estimate of drug-likeness (QED) is 0.820. The molecule has 1 amide bonds. The predicted octanol–water partition coefficient (Wildman–Crippen LogP) is 2.65. The lowest BCUT2D eigenvalue weighted by Gasteiger charge is -2.22. The number of benzene rings is 2. The minimum absolute atomic E-state index is 0.297. The summed E-state index contributed by atoms with van der Waals surface area (Å²) in [4.78, 5) is 24.6. The Balaban J connectivity index is 1.72. The summed E-state index contributed by atoms with van der Waals surface area (Å²) in [5, 5.41) is 8.97. The van der Waals surface area contributed by atoms with E-state index in [1.165, 1.54) is 12.8 Å². The SMILES string of the molecule is NC(=O)c1cccc(CN(Cc2ccc(C(=O)O)cc2)C2CC2)c1. The molecular weight excluding hydrogens is 304 g/mol. The van der Waals surface area contributed by atoms with Gasteiger partial charge in [0, 0.05) is 24.7 Å². The highest BCUT2D eigenvalue weighted by molar-refractivity contribution is 5.92. The third-order valence-corrected chi connectivity index (χ3v) is 4.25. The fraction of sp³-hybridized carbons (Fsp3) is 0.263. The topological polar surface area (TPSA) is 83.6 Å². The van der Waals surface area contributed by atoms with E-state index in [1.807, 2.05) is 30.3 Å². The molecule has 1 aliphatic carbocycles. The zero-order chi connectivity index (χ0) is 17.1. The Kier molecular flexibility index (Phi) is 4.62. The van der Waals surface area contributed by atoms with Crippen molar-refractivity contribution in [3.63, 3.8) is 0 Å². The highest BCUT2D eigenvalue weighted by Crippen LogP contribution is 2.30. The molecule has 1 saturated carbocycles. The molecule has 0 unspecified atom stereocenters. The lowest BCUT2D eigenvalue weighted by Crippen LogP contribution is -2.25. The molecule has 0 atom stereocenters. The molecule has 0 saturated heterocycles. The third kappa shape index (κ3) is 4.00. The second kappa shape index (κ2) is 6.84. The van der Waals surface area contributed by atoms with Crippen LogP contribution in [-0.4, -0.2) is 27.9 Å². The van der Waals surface area contributed by atoms with Crippen molar-refractivity contribution in [1.82, 2.24) is 4.90 Å². The van der Waals surface area contributed by atoms with Gasteiger partial charge in [0.25, 0.3) is 0 Å². The molecule has 2 aromatic rings. The maximum Gasteiger partial charge on any atom is 0.335 e. The minimum atomic E-state index is -0.913. The van der Waals surface area contributed by atoms with Gasteiger partial charge in [0.15, 0.2) is 0 Å². The van der Waals surface area contributed by atoms with E-state index in [4.69, 9.17) is 10.8 Å². The van der Waals surface area contributed by atoms with E-state index < -0.39 is 11.9 Å². The summed E-state index contributed by atoms with van der Waals surface area (Å²) in [5.41, 5.74) is 8.30. The number of aromatic carboxylic acids is 1. The van der Waals surface area contributed by atoms with Gasteiger partial charge in [0.1, 0.15) is 0 Å². The summed E-state index contributed by atoms with van der Waals surface area (Å²) >= 11 is 0. The first-order valence-electron chi connectivity index (χ1n) is 7.98. The van der Waals surface area contributed by atoms with Crippen LogP contribution in [-0.2, 0) is 13.1 Å². The van der Waals surface area contributed by atoms with Crippen molar-refractivity contribution in [2.45, 2.75) is 32.0 Å². The number of carboxylic acids is 1. The lowest BCUT2D eigenvalue weighted by molar-refractivity contribution is 0.0696. The minimum Gasteiger partial charge on any atom is -0.478 e. The zero-order valence-corrected chi connectivity index (χ0v) is 13.3. The molecule has 1 fully saturated rings. The molecule has 5 nitrogen and oxygen atoms in total. The number of amides is 1. The molecular formula is C19H20N2O3. The van der Waals surface area contributed by atoms with Gasteiger partial charge in [-0.3, -0.25) is 9.69 Å². The average molecular weight is 324 g/mol. The van der Waals surface area contributed by atoms with Gasteiger partial charge in [0.05, 0.1) is 5.56 Å². The lowest BCUT2D eigenvalue weighted by atomic mass is 10.1. The second-order valence-electron chi connectivity index (χ2n) is 6.20. The van der Waals surface area contributed by atoms with Crippen molar-refractivity contribution in [2.75, 3.05) is 0 Å². The molecule has 0 aliphatic heterocycles. The number of carbonyl (C=O) groups is 2. The predicted molar refractivity (Wildman–Crippen MR) is 90.6 cm³/mol. The summed E-state index contributed by atoms with van der Waals surface area (Å²) in [6, 6.07) is 14.9. The molecule has 0 spiro atoms. The van der Waals surface area contributed by atoms with Crippen LogP contribution in [0, 0.1) is 0 Å². The van der Waals surface area contributed by atoms with Crippen LogP contribution in [0.4, 0.5) is 0 Å². The molecule has 2 aromatic carbocycles. The first-order chi connectivity index (χ1) is 11.5.